The SMILES string of the molecule is COC1=CC(=O)CC1C. The molecular formula is C7H10O2. The molecule has 2 heteroatoms. The second kappa shape index (κ2) is 2.21. The Morgan fingerprint density at radius 3 is 2.67 bits per heavy atom. The second-order valence-electron chi connectivity index (χ2n) is 2.32. The van der Waals surface area contributed by atoms with E-state index < -0.39 is 0 Å². The molecule has 0 aromatic rings. The molecule has 9 heavy (non-hydrogen) atoms. The molecule has 0 N–H and O–H groups in total. The number of methoxy groups -OCH3 is 1. The summed E-state index contributed by atoms with van der Waals surface area (Å²) in [5.41, 5.74) is 0. The molecule has 1 aliphatic rings. The molecule has 1 atom stereocenters. The van der Waals surface area contributed by atoms with Crippen molar-refractivity contribution >= 4 is 5.78 Å². The van der Waals surface area contributed by atoms with Crippen LogP contribution in [0.15, 0.2) is 11.8 Å². The van der Waals surface area contributed by atoms with Gasteiger partial charge in [-0.15, -0.1) is 0 Å². The fraction of sp³-hybridized carbons (Fsp3) is 0.571. The maximum Gasteiger partial charge on any atom is 0.159 e. The van der Waals surface area contributed by atoms with Crippen molar-refractivity contribution in [2.75, 3.05) is 7.11 Å². The number of carbonyl (C=O) groups is 1. The van der Waals surface area contributed by atoms with Crippen molar-refractivity contribution in [3.05, 3.63) is 11.8 Å². The fourth-order valence-electron chi connectivity index (χ4n) is 1.02. The van der Waals surface area contributed by atoms with E-state index in [9.17, 15) is 4.79 Å². The highest BCUT2D eigenvalue weighted by molar-refractivity contribution is 5.92. The zero-order chi connectivity index (χ0) is 6.85. The predicted molar refractivity (Wildman–Crippen MR) is 33.9 cm³/mol. The molecule has 2 nitrogen and oxygen atoms in total. The lowest BCUT2D eigenvalue weighted by atomic mass is 10.1. The second-order valence-corrected chi connectivity index (χ2v) is 2.32. The van der Waals surface area contributed by atoms with Crippen LogP contribution < -0.4 is 0 Å². The highest BCUT2D eigenvalue weighted by atomic mass is 16.5. The first kappa shape index (κ1) is 6.33. The minimum atomic E-state index is 0.180. The minimum Gasteiger partial charge on any atom is -0.501 e. The molecule has 0 aromatic carbocycles. The molecule has 50 valence electrons. The van der Waals surface area contributed by atoms with Crippen molar-refractivity contribution < 1.29 is 9.53 Å². The third-order valence-electron chi connectivity index (χ3n) is 1.53. The summed E-state index contributed by atoms with van der Waals surface area (Å²) in [7, 11) is 1.60. The number of carbonyl (C=O) groups excluding carboxylic acids is 1. The lowest BCUT2D eigenvalue weighted by molar-refractivity contribution is -0.114. The molecule has 1 aliphatic carbocycles. The zero-order valence-electron chi connectivity index (χ0n) is 5.68. The molecule has 0 aliphatic heterocycles. The van der Waals surface area contributed by atoms with Crippen LogP contribution in [-0.4, -0.2) is 12.9 Å². The summed E-state index contributed by atoms with van der Waals surface area (Å²) in [4.78, 5) is 10.7. The molecule has 0 radical (unpaired) electrons. The molecular weight excluding hydrogens is 116 g/mol. The first-order chi connectivity index (χ1) is 4.24. The summed E-state index contributed by atoms with van der Waals surface area (Å²) in [5.74, 6) is 1.29. The first-order valence-corrected chi connectivity index (χ1v) is 3.02. The predicted octanol–water partition coefficient (Wildman–Crippen LogP) is 1.13. The third-order valence-corrected chi connectivity index (χ3v) is 1.53. The van der Waals surface area contributed by atoms with E-state index in [0.717, 1.165) is 5.76 Å². The normalized spacial score (nSPS) is 26.2. The lowest BCUT2D eigenvalue weighted by Gasteiger charge is -2.04. The average Bonchev–Trinajstić information content (AvgIpc) is 2.10. The van der Waals surface area contributed by atoms with Crippen molar-refractivity contribution in [2.45, 2.75) is 13.3 Å². The number of hydrogen-bond donors (Lipinski definition) is 0. The van der Waals surface area contributed by atoms with Gasteiger partial charge in [-0.25, -0.2) is 0 Å². The molecule has 0 spiro atoms. The van der Waals surface area contributed by atoms with Gasteiger partial charge in [0.25, 0.3) is 0 Å². The summed E-state index contributed by atoms with van der Waals surface area (Å²) in [6.07, 6.45) is 2.19. The summed E-state index contributed by atoms with van der Waals surface area (Å²) >= 11 is 0. The van der Waals surface area contributed by atoms with Gasteiger partial charge in [0, 0.05) is 18.4 Å². The van der Waals surface area contributed by atoms with E-state index in [4.69, 9.17) is 4.74 Å². The average molecular weight is 126 g/mol. The number of ketones is 1. The van der Waals surface area contributed by atoms with Gasteiger partial charge < -0.3 is 4.74 Å². The van der Waals surface area contributed by atoms with Crippen LogP contribution in [0.5, 0.6) is 0 Å². The number of hydrogen-bond acceptors (Lipinski definition) is 2. The van der Waals surface area contributed by atoms with E-state index in [2.05, 4.69) is 0 Å². The van der Waals surface area contributed by atoms with Crippen molar-refractivity contribution in [1.82, 2.24) is 0 Å². The molecule has 1 rings (SSSR count). The topological polar surface area (TPSA) is 26.3 Å². The van der Waals surface area contributed by atoms with Crippen LogP contribution in [0, 0.1) is 5.92 Å². The minimum absolute atomic E-state index is 0.180. The van der Waals surface area contributed by atoms with Gasteiger partial charge in [0.15, 0.2) is 5.78 Å². The summed E-state index contributed by atoms with van der Waals surface area (Å²) in [6.45, 7) is 1.99. The fourth-order valence-corrected chi connectivity index (χ4v) is 1.02. The van der Waals surface area contributed by atoms with Gasteiger partial charge in [0.2, 0.25) is 0 Å². The van der Waals surface area contributed by atoms with E-state index in [1.54, 1.807) is 13.2 Å². The van der Waals surface area contributed by atoms with Gasteiger partial charge in [0.1, 0.15) is 5.76 Å². The van der Waals surface area contributed by atoms with Crippen molar-refractivity contribution in [1.29, 1.82) is 0 Å². The maximum atomic E-state index is 10.7. The third kappa shape index (κ3) is 1.12. The number of rotatable bonds is 1. The van der Waals surface area contributed by atoms with Gasteiger partial charge in [-0.05, 0) is 0 Å². The van der Waals surface area contributed by atoms with E-state index in [0.29, 0.717) is 12.3 Å². The standard InChI is InChI=1S/C7H10O2/c1-5-3-6(8)4-7(5)9-2/h4-5H,3H2,1-2H3. The highest BCUT2D eigenvalue weighted by Crippen LogP contribution is 2.22. The van der Waals surface area contributed by atoms with Gasteiger partial charge in [-0.1, -0.05) is 6.92 Å². The number of ether oxygens (including phenoxy) is 1. The van der Waals surface area contributed by atoms with E-state index in [-0.39, 0.29) is 5.78 Å². The Bertz CT molecular complexity index is 158. The Hall–Kier alpha value is -0.790. The van der Waals surface area contributed by atoms with Crippen LogP contribution >= 0.6 is 0 Å². The lowest BCUT2D eigenvalue weighted by Crippen LogP contribution is -1.95. The molecule has 0 saturated carbocycles. The van der Waals surface area contributed by atoms with Crippen molar-refractivity contribution in [3.8, 4) is 0 Å². The van der Waals surface area contributed by atoms with Crippen LogP contribution in [0.2, 0.25) is 0 Å². The molecule has 0 aromatic heterocycles. The monoisotopic (exact) mass is 126 g/mol. The highest BCUT2D eigenvalue weighted by Gasteiger charge is 2.20. The molecule has 0 heterocycles. The Labute approximate surface area is 54.5 Å². The first-order valence-electron chi connectivity index (χ1n) is 3.02. The smallest absolute Gasteiger partial charge is 0.159 e. The molecule has 0 amide bonds. The van der Waals surface area contributed by atoms with Crippen molar-refractivity contribution in [2.24, 2.45) is 5.92 Å². The quantitative estimate of drug-likeness (QED) is 0.526. The van der Waals surface area contributed by atoms with Crippen molar-refractivity contribution in [3.63, 3.8) is 0 Å². The zero-order valence-corrected chi connectivity index (χ0v) is 5.68. The van der Waals surface area contributed by atoms with E-state index in [1.165, 1.54) is 0 Å². The van der Waals surface area contributed by atoms with Crippen LogP contribution in [0.25, 0.3) is 0 Å². The van der Waals surface area contributed by atoms with E-state index >= 15 is 0 Å². The Kier molecular flexibility index (Phi) is 1.56. The molecule has 0 saturated heterocycles. The van der Waals surface area contributed by atoms with Gasteiger partial charge in [0.05, 0.1) is 7.11 Å². The summed E-state index contributed by atoms with van der Waals surface area (Å²) in [5, 5.41) is 0. The van der Waals surface area contributed by atoms with Crippen LogP contribution in [0.4, 0.5) is 0 Å². The van der Waals surface area contributed by atoms with E-state index in [1.807, 2.05) is 6.92 Å². The summed E-state index contributed by atoms with van der Waals surface area (Å²) < 4.78 is 4.93. The Morgan fingerprint density at radius 2 is 2.44 bits per heavy atom. The molecule has 0 bridgehead atoms. The van der Waals surface area contributed by atoms with Crippen LogP contribution in [0.3, 0.4) is 0 Å². The number of allylic oxidation sites excluding steroid dienone is 2. The van der Waals surface area contributed by atoms with Crippen LogP contribution in [-0.2, 0) is 9.53 Å². The maximum absolute atomic E-state index is 10.7. The van der Waals surface area contributed by atoms with Gasteiger partial charge in [-0.2, -0.15) is 0 Å². The molecule has 0 fully saturated rings. The largest absolute Gasteiger partial charge is 0.501 e. The van der Waals surface area contributed by atoms with Gasteiger partial charge >= 0.3 is 0 Å². The molecule has 1 unspecified atom stereocenters. The Morgan fingerprint density at radius 1 is 1.78 bits per heavy atom. The Balaban J connectivity index is 2.68. The summed E-state index contributed by atoms with van der Waals surface area (Å²) in [6, 6.07) is 0. The van der Waals surface area contributed by atoms with Gasteiger partial charge in [-0.3, -0.25) is 4.79 Å². The van der Waals surface area contributed by atoms with Crippen LogP contribution in [0.1, 0.15) is 13.3 Å².